The van der Waals surface area contributed by atoms with Crippen LogP contribution in [0.5, 0.6) is 0 Å². The summed E-state index contributed by atoms with van der Waals surface area (Å²) in [4.78, 5) is 14.0. The van der Waals surface area contributed by atoms with Crippen LogP contribution in [0, 0.1) is 12.8 Å². The molecule has 0 aliphatic carbocycles. The topological polar surface area (TPSA) is 72.3 Å². The first kappa shape index (κ1) is 18.8. The van der Waals surface area contributed by atoms with Gasteiger partial charge in [-0.25, -0.2) is 8.42 Å². The molecule has 1 unspecified atom stereocenters. The lowest BCUT2D eigenvalue weighted by atomic mass is 10.00. The number of sulfone groups is 1. The Morgan fingerprint density at radius 1 is 1.42 bits per heavy atom. The lowest BCUT2D eigenvalue weighted by molar-refractivity contribution is -0.142. The van der Waals surface area contributed by atoms with E-state index in [2.05, 4.69) is 5.10 Å². The van der Waals surface area contributed by atoms with Crippen LogP contribution < -0.4 is 0 Å². The Hall–Kier alpha value is -1.58. The van der Waals surface area contributed by atoms with Gasteiger partial charge in [0.1, 0.15) is 22.1 Å². The van der Waals surface area contributed by atoms with Gasteiger partial charge in [-0.1, -0.05) is 0 Å². The lowest BCUT2D eigenvalue weighted by Gasteiger charge is -2.32. The first-order valence-corrected chi connectivity index (χ1v) is 9.59. The summed E-state index contributed by atoms with van der Waals surface area (Å²) in [5, 5.41) is 3.74. The number of likely N-dealkylation sites (tertiary alicyclic amines) is 1. The van der Waals surface area contributed by atoms with Crippen molar-refractivity contribution in [3.63, 3.8) is 0 Å². The molecule has 1 aliphatic heterocycles. The van der Waals surface area contributed by atoms with Crippen molar-refractivity contribution < 1.29 is 26.4 Å². The van der Waals surface area contributed by atoms with Crippen molar-refractivity contribution in [3.05, 3.63) is 17.5 Å². The predicted octanol–water partition coefficient (Wildman–Crippen LogP) is 1.65. The SMILES string of the molecule is Cc1cc(C(=O)N2CCCC(CS(C)(=O)=O)C2)n(CC(F)(F)F)n1. The minimum absolute atomic E-state index is 0.0301. The molecule has 1 aliphatic rings. The Bertz CT molecular complexity index is 713. The number of alkyl halides is 3. The number of amides is 1. The number of hydrogen-bond donors (Lipinski definition) is 0. The highest BCUT2D eigenvalue weighted by atomic mass is 32.2. The lowest BCUT2D eigenvalue weighted by Crippen LogP contribution is -2.42. The van der Waals surface area contributed by atoms with Crippen LogP contribution in [0.3, 0.4) is 0 Å². The Balaban J connectivity index is 2.16. The van der Waals surface area contributed by atoms with E-state index in [1.165, 1.54) is 17.9 Å². The second-order valence-corrected chi connectivity index (χ2v) is 8.48. The van der Waals surface area contributed by atoms with Crippen LogP contribution in [-0.2, 0) is 16.4 Å². The molecule has 0 bridgehead atoms. The highest BCUT2D eigenvalue weighted by Crippen LogP contribution is 2.22. The van der Waals surface area contributed by atoms with E-state index in [0.29, 0.717) is 29.8 Å². The number of hydrogen-bond acceptors (Lipinski definition) is 4. The molecule has 136 valence electrons. The van der Waals surface area contributed by atoms with Crippen molar-refractivity contribution in [2.24, 2.45) is 5.92 Å². The smallest absolute Gasteiger partial charge is 0.337 e. The molecule has 24 heavy (non-hydrogen) atoms. The summed E-state index contributed by atoms with van der Waals surface area (Å²) in [6.07, 6.45) is -2.04. The molecule has 1 saturated heterocycles. The fourth-order valence-electron chi connectivity index (χ4n) is 2.98. The molecule has 1 atom stereocenters. The van der Waals surface area contributed by atoms with Gasteiger partial charge in [0.05, 0.1) is 11.4 Å². The first-order chi connectivity index (χ1) is 10.9. The zero-order chi connectivity index (χ0) is 18.1. The average Bonchev–Trinajstić information content (AvgIpc) is 2.74. The minimum atomic E-state index is -4.48. The Morgan fingerprint density at radius 2 is 2.08 bits per heavy atom. The number of halogens is 3. The van der Waals surface area contributed by atoms with E-state index in [0.717, 1.165) is 6.26 Å². The molecule has 0 aromatic carbocycles. The van der Waals surface area contributed by atoms with E-state index < -0.39 is 28.5 Å². The molecule has 0 spiro atoms. The van der Waals surface area contributed by atoms with Gasteiger partial charge in [0.25, 0.3) is 5.91 Å². The summed E-state index contributed by atoms with van der Waals surface area (Å²) in [5.74, 6) is -0.770. The van der Waals surface area contributed by atoms with E-state index in [1.807, 2.05) is 0 Å². The van der Waals surface area contributed by atoms with Crippen LogP contribution >= 0.6 is 0 Å². The third-order valence-corrected chi connectivity index (χ3v) is 4.87. The molecule has 0 saturated carbocycles. The summed E-state index contributed by atoms with van der Waals surface area (Å²) in [6, 6.07) is 1.33. The van der Waals surface area contributed by atoms with Crippen molar-refractivity contribution in [2.75, 3.05) is 25.1 Å². The Kier molecular flexibility index (Phi) is 5.26. The monoisotopic (exact) mass is 367 g/mol. The van der Waals surface area contributed by atoms with Crippen LogP contribution in [0.15, 0.2) is 6.07 Å². The van der Waals surface area contributed by atoms with Crippen LogP contribution in [-0.4, -0.2) is 60.3 Å². The number of aromatic nitrogens is 2. The number of carbonyl (C=O) groups is 1. The molecule has 1 aromatic rings. The van der Waals surface area contributed by atoms with Gasteiger partial charge >= 0.3 is 6.18 Å². The molecule has 10 heteroatoms. The third kappa shape index (κ3) is 5.22. The summed E-state index contributed by atoms with van der Waals surface area (Å²) in [6.45, 7) is 0.812. The molecular formula is C14H20F3N3O3S. The summed E-state index contributed by atoms with van der Waals surface area (Å²) in [5.41, 5.74) is 0.206. The predicted molar refractivity (Wildman–Crippen MR) is 81.4 cm³/mol. The summed E-state index contributed by atoms with van der Waals surface area (Å²) in [7, 11) is -3.17. The van der Waals surface area contributed by atoms with Gasteiger partial charge in [-0.15, -0.1) is 0 Å². The van der Waals surface area contributed by atoms with E-state index in [1.54, 1.807) is 0 Å². The second kappa shape index (κ2) is 6.73. The summed E-state index contributed by atoms with van der Waals surface area (Å²) < 4.78 is 61.4. The number of piperidine rings is 1. The van der Waals surface area contributed by atoms with E-state index >= 15 is 0 Å². The first-order valence-electron chi connectivity index (χ1n) is 7.53. The Labute approximate surface area is 138 Å². The average molecular weight is 367 g/mol. The molecule has 1 fully saturated rings. The Morgan fingerprint density at radius 3 is 2.67 bits per heavy atom. The van der Waals surface area contributed by atoms with Crippen molar-refractivity contribution >= 4 is 15.7 Å². The van der Waals surface area contributed by atoms with Crippen LogP contribution in [0.25, 0.3) is 0 Å². The van der Waals surface area contributed by atoms with E-state index in [4.69, 9.17) is 0 Å². The van der Waals surface area contributed by atoms with Gasteiger partial charge in [-0.2, -0.15) is 18.3 Å². The van der Waals surface area contributed by atoms with Crippen LogP contribution in [0.1, 0.15) is 29.0 Å². The second-order valence-electron chi connectivity index (χ2n) is 6.30. The highest BCUT2D eigenvalue weighted by molar-refractivity contribution is 7.90. The van der Waals surface area contributed by atoms with Gasteiger partial charge < -0.3 is 4.90 Å². The largest absolute Gasteiger partial charge is 0.408 e. The molecular weight excluding hydrogens is 347 g/mol. The molecule has 2 heterocycles. The molecule has 6 nitrogen and oxygen atoms in total. The van der Waals surface area contributed by atoms with Crippen LogP contribution in [0.4, 0.5) is 13.2 Å². The standard InChI is InChI=1S/C14H20F3N3O3S/c1-10-6-12(20(18-10)9-14(15,16)17)13(21)19-5-3-4-11(7-19)8-24(2,22)23/h6,11H,3-5,7-9H2,1-2H3. The zero-order valence-electron chi connectivity index (χ0n) is 13.5. The number of rotatable bonds is 4. The normalized spacial score (nSPS) is 19.5. The van der Waals surface area contributed by atoms with Crippen LogP contribution in [0.2, 0.25) is 0 Å². The van der Waals surface area contributed by atoms with E-state index in [-0.39, 0.29) is 23.9 Å². The molecule has 1 amide bonds. The third-order valence-electron chi connectivity index (χ3n) is 3.79. The van der Waals surface area contributed by atoms with Crippen molar-refractivity contribution in [1.29, 1.82) is 0 Å². The van der Waals surface area contributed by atoms with Crippen molar-refractivity contribution in [2.45, 2.75) is 32.5 Å². The number of nitrogens with zero attached hydrogens (tertiary/aromatic N) is 3. The molecule has 0 N–H and O–H groups in total. The maximum Gasteiger partial charge on any atom is 0.408 e. The molecule has 1 aromatic heterocycles. The number of carbonyl (C=O) groups excluding carboxylic acids is 1. The number of aryl methyl sites for hydroxylation is 1. The molecule has 2 rings (SSSR count). The van der Waals surface area contributed by atoms with E-state index in [9.17, 15) is 26.4 Å². The fourth-order valence-corrected chi connectivity index (χ4v) is 4.11. The van der Waals surface area contributed by atoms with Gasteiger partial charge in [0, 0.05) is 19.3 Å². The minimum Gasteiger partial charge on any atom is -0.337 e. The van der Waals surface area contributed by atoms with Gasteiger partial charge in [-0.3, -0.25) is 9.48 Å². The zero-order valence-corrected chi connectivity index (χ0v) is 14.3. The van der Waals surface area contributed by atoms with Crippen molar-refractivity contribution in [3.8, 4) is 0 Å². The van der Waals surface area contributed by atoms with Gasteiger partial charge in [0.15, 0.2) is 0 Å². The maximum atomic E-state index is 12.6. The van der Waals surface area contributed by atoms with Gasteiger partial charge in [-0.05, 0) is 31.7 Å². The van der Waals surface area contributed by atoms with Crippen molar-refractivity contribution in [1.82, 2.24) is 14.7 Å². The quantitative estimate of drug-likeness (QED) is 0.811. The summed E-state index contributed by atoms with van der Waals surface area (Å²) >= 11 is 0. The molecule has 0 radical (unpaired) electrons. The fraction of sp³-hybridized carbons (Fsp3) is 0.714. The van der Waals surface area contributed by atoms with Gasteiger partial charge in [0.2, 0.25) is 0 Å². The highest BCUT2D eigenvalue weighted by Gasteiger charge is 2.33. The maximum absolute atomic E-state index is 12.6.